The Morgan fingerprint density at radius 2 is 1.92 bits per heavy atom. The number of aromatic nitrogens is 1. The number of anilines is 1. The van der Waals surface area contributed by atoms with Crippen LogP contribution in [0.3, 0.4) is 0 Å². The molecule has 0 atom stereocenters. The number of benzene rings is 2. The molecule has 0 aliphatic carbocycles. The van der Waals surface area contributed by atoms with E-state index in [1.54, 1.807) is 36.1 Å². The third kappa shape index (κ3) is 3.23. The fourth-order valence-electron chi connectivity index (χ4n) is 2.52. The number of nitrogens with one attached hydrogen (secondary N) is 1. The van der Waals surface area contributed by atoms with Gasteiger partial charge in [-0.3, -0.25) is 13.5 Å². The smallest absolute Gasteiger partial charge is 0.337 e. The van der Waals surface area contributed by atoms with Gasteiger partial charge >= 0.3 is 5.97 Å². The van der Waals surface area contributed by atoms with Gasteiger partial charge in [-0.25, -0.2) is 13.2 Å². The van der Waals surface area contributed by atoms with Gasteiger partial charge in [0, 0.05) is 7.05 Å². The van der Waals surface area contributed by atoms with E-state index in [1.165, 1.54) is 25.3 Å². The average Bonchev–Trinajstić information content (AvgIpc) is 2.90. The Hall–Kier alpha value is -2.65. The molecule has 0 fully saturated rings. The summed E-state index contributed by atoms with van der Waals surface area (Å²) >= 11 is 1.01. The quantitative estimate of drug-likeness (QED) is 0.689. The molecule has 9 heteroatoms. The fourth-order valence-corrected chi connectivity index (χ4v) is 4.44. The molecule has 26 heavy (non-hydrogen) atoms. The highest BCUT2D eigenvalue weighted by Gasteiger charge is 2.19. The van der Waals surface area contributed by atoms with Gasteiger partial charge in [0.2, 0.25) is 0 Å². The zero-order valence-corrected chi connectivity index (χ0v) is 15.9. The Morgan fingerprint density at radius 3 is 2.62 bits per heavy atom. The van der Waals surface area contributed by atoms with Gasteiger partial charge in [0.1, 0.15) is 0 Å². The van der Waals surface area contributed by atoms with Crippen LogP contribution >= 0.6 is 11.5 Å². The molecule has 1 aromatic heterocycles. The molecule has 1 heterocycles. The number of carbonyl (C=O) groups excluding carboxylic acids is 1. The van der Waals surface area contributed by atoms with Gasteiger partial charge in [0.05, 0.1) is 34.2 Å². The second kappa shape index (κ2) is 6.58. The number of aryl methyl sites for hydroxylation is 2. The first-order valence-corrected chi connectivity index (χ1v) is 9.80. The lowest BCUT2D eigenvalue weighted by Gasteiger charge is -2.12. The van der Waals surface area contributed by atoms with Gasteiger partial charge in [-0.1, -0.05) is 6.07 Å². The summed E-state index contributed by atoms with van der Waals surface area (Å²) in [5, 5.41) is 0.348. The lowest BCUT2D eigenvalue weighted by atomic mass is 10.1. The van der Waals surface area contributed by atoms with Crippen LogP contribution in [0.2, 0.25) is 0 Å². The van der Waals surface area contributed by atoms with Crippen molar-refractivity contribution in [3.05, 3.63) is 57.1 Å². The van der Waals surface area contributed by atoms with E-state index in [4.69, 9.17) is 0 Å². The van der Waals surface area contributed by atoms with E-state index in [2.05, 4.69) is 9.46 Å². The summed E-state index contributed by atoms with van der Waals surface area (Å²) in [6, 6.07) is 8.99. The molecular weight excluding hydrogens is 376 g/mol. The summed E-state index contributed by atoms with van der Waals surface area (Å²) in [6.07, 6.45) is 0. The molecule has 0 spiro atoms. The van der Waals surface area contributed by atoms with E-state index < -0.39 is 16.0 Å². The van der Waals surface area contributed by atoms with Crippen LogP contribution < -0.4 is 9.46 Å². The van der Waals surface area contributed by atoms with Crippen LogP contribution in [-0.2, 0) is 21.8 Å². The van der Waals surface area contributed by atoms with Gasteiger partial charge in [-0.15, -0.1) is 0 Å². The van der Waals surface area contributed by atoms with E-state index >= 15 is 0 Å². The highest BCUT2D eigenvalue weighted by molar-refractivity contribution is 7.92. The molecule has 0 saturated carbocycles. The first-order chi connectivity index (χ1) is 12.2. The zero-order valence-electron chi connectivity index (χ0n) is 14.3. The summed E-state index contributed by atoms with van der Waals surface area (Å²) in [6.45, 7) is 1.72. The minimum Gasteiger partial charge on any atom is -0.465 e. The first-order valence-electron chi connectivity index (χ1n) is 7.55. The second-order valence-electron chi connectivity index (χ2n) is 5.68. The van der Waals surface area contributed by atoms with Crippen molar-refractivity contribution in [3.8, 4) is 0 Å². The first kappa shape index (κ1) is 18.2. The number of esters is 1. The number of rotatable bonds is 4. The monoisotopic (exact) mass is 392 g/mol. The van der Waals surface area contributed by atoms with Gasteiger partial charge in [-0.05, 0) is 54.4 Å². The normalized spacial score (nSPS) is 11.5. The van der Waals surface area contributed by atoms with Gasteiger partial charge in [-0.2, -0.15) is 0 Å². The summed E-state index contributed by atoms with van der Waals surface area (Å²) in [5.41, 5.74) is 1.82. The molecule has 1 N–H and O–H groups in total. The number of methoxy groups -OCH3 is 1. The lowest BCUT2D eigenvalue weighted by Crippen LogP contribution is -2.15. The van der Waals surface area contributed by atoms with Crippen LogP contribution in [0.1, 0.15) is 15.9 Å². The number of hydrogen-bond donors (Lipinski definition) is 1. The molecule has 2 aromatic carbocycles. The van der Waals surface area contributed by atoms with Crippen molar-refractivity contribution in [1.29, 1.82) is 0 Å². The molecule has 0 aliphatic rings. The Kier molecular flexibility index (Phi) is 4.59. The molecule has 0 unspecified atom stereocenters. The molecule has 0 saturated heterocycles. The molecule has 3 rings (SSSR count). The second-order valence-corrected chi connectivity index (χ2v) is 8.47. The summed E-state index contributed by atoms with van der Waals surface area (Å²) in [7, 11) is -0.938. The molecule has 7 nitrogen and oxygen atoms in total. The number of sulfonamides is 1. The van der Waals surface area contributed by atoms with E-state index in [-0.39, 0.29) is 20.9 Å². The number of nitrogens with zero attached hydrogens (tertiary/aromatic N) is 1. The number of fused-ring (bicyclic) bond motifs is 1. The van der Waals surface area contributed by atoms with Gasteiger partial charge < -0.3 is 4.74 Å². The Morgan fingerprint density at radius 1 is 1.19 bits per heavy atom. The highest BCUT2D eigenvalue weighted by Crippen LogP contribution is 2.24. The van der Waals surface area contributed by atoms with E-state index in [0.29, 0.717) is 16.5 Å². The van der Waals surface area contributed by atoms with Crippen molar-refractivity contribution in [2.75, 3.05) is 11.8 Å². The number of ether oxygens (including phenoxy) is 1. The Balaban J connectivity index is 2.03. The minimum absolute atomic E-state index is 0.0247. The Bertz CT molecular complexity index is 1180. The fraction of sp³-hybridized carbons (Fsp3) is 0.176. The van der Waals surface area contributed by atoms with Crippen LogP contribution in [0.4, 0.5) is 5.69 Å². The van der Waals surface area contributed by atoms with Gasteiger partial charge in [0.15, 0.2) is 0 Å². The molecule has 3 aromatic rings. The van der Waals surface area contributed by atoms with Crippen molar-refractivity contribution in [1.82, 2.24) is 3.96 Å². The van der Waals surface area contributed by atoms with Crippen LogP contribution in [0.25, 0.3) is 10.9 Å². The van der Waals surface area contributed by atoms with E-state index in [0.717, 1.165) is 11.5 Å². The van der Waals surface area contributed by atoms with Crippen molar-refractivity contribution < 1.29 is 17.9 Å². The summed E-state index contributed by atoms with van der Waals surface area (Å²) in [5.74, 6) is -0.561. The maximum absolute atomic E-state index is 12.7. The molecule has 0 amide bonds. The molecule has 0 aliphatic heterocycles. The molecule has 0 radical (unpaired) electrons. The molecular formula is C17H16N2O5S2. The third-order valence-electron chi connectivity index (χ3n) is 3.96. The van der Waals surface area contributed by atoms with Crippen molar-refractivity contribution in [3.63, 3.8) is 0 Å². The third-order valence-corrected chi connectivity index (χ3v) is 6.18. The lowest BCUT2D eigenvalue weighted by molar-refractivity contribution is 0.0601. The van der Waals surface area contributed by atoms with Crippen LogP contribution in [0, 0.1) is 6.92 Å². The Labute approximate surface area is 154 Å². The summed E-state index contributed by atoms with van der Waals surface area (Å²) in [4.78, 5) is 23.6. The number of hydrogen-bond acceptors (Lipinski definition) is 6. The largest absolute Gasteiger partial charge is 0.465 e. The SMILES string of the molecule is COC(=O)c1ccc(C)c(NS(=O)(=O)c2ccc3c(c2)c(=O)sn3C)c1. The topological polar surface area (TPSA) is 94.5 Å². The highest BCUT2D eigenvalue weighted by atomic mass is 32.2. The maximum atomic E-state index is 12.7. The van der Waals surface area contributed by atoms with E-state index in [9.17, 15) is 18.0 Å². The zero-order chi connectivity index (χ0) is 19.1. The molecule has 136 valence electrons. The van der Waals surface area contributed by atoms with Crippen molar-refractivity contribution in [2.45, 2.75) is 11.8 Å². The van der Waals surface area contributed by atoms with Crippen LogP contribution in [0.5, 0.6) is 0 Å². The van der Waals surface area contributed by atoms with Crippen molar-refractivity contribution in [2.24, 2.45) is 7.05 Å². The number of carbonyl (C=O) groups is 1. The minimum atomic E-state index is -3.93. The predicted molar refractivity (Wildman–Crippen MR) is 100 cm³/mol. The molecule has 0 bridgehead atoms. The predicted octanol–water partition coefficient (Wildman–Crippen LogP) is 2.50. The maximum Gasteiger partial charge on any atom is 0.337 e. The standard InChI is InChI=1S/C17H16N2O5S2/c1-10-4-5-11(16(20)24-3)8-14(10)18-26(22,23)12-6-7-15-13(9-12)17(21)25-19(15)2/h4-9,18H,1-3H3. The van der Waals surface area contributed by atoms with Crippen LogP contribution in [0.15, 0.2) is 46.1 Å². The van der Waals surface area contributed by atoms with Gasteiger partial charge in [0.25, 0.3) is 14.8 Å². The van der Waals surface area contributed by atoms with Crippen LogP contribution in [-0.4, -0.2) is 25.5 Å². The summed E-state index contributed by atoms with van der Waals surface area (Å²) < 4.78 is 34.1. The van der Waals surface area contributed by atoms with E-state index in [1.807, 2.05) is 0 Å². The van der Waals surface area contributed by atoms with Crippen molar-refractivity contribution >= 4 is 44.1 Å². The average molecular weight is 392 g/mol.